The van der Waals surface area contributed by atoms with Gasteiger partial charge in [-0.3, -0.25) is 14.5 Å². The monoisotopic (exact) mass is 501 g/mol. The normalized spacial score (nSPS) is 18.1. The summed E-state index contributed by atoms with van der Waals surface area (Å²) in [5.74, 6) is 0.0873. The van der Waals surface area contributed by atoms with Crippen molar-refractivity contribution in [2.45, 2.75) is 19.4 Å². The van der Waals surface area contributed by atoms with E-state index in [0.29, 0.717) is 53.0 Å². The molecular weight excluding hydrogens is 474 g/mol. The minimum absolute atomic E-state index is 0.0173. The van der Waals surface area contributed by atoms with Crippen molar-refractivity contribution in [3.05, 3.63) is 82.9 Å². The predicted octanol–water partition coefficient (Wildman–Crippen LogP) is 4.66. The Morgan fingerprint density at radius 3 is 2.30 bits per heavy atom. The summed E-state index contributed by atoms with van der Waals surface area (Å²) in [7, 11) is 2.99. The number of benzene rings is 3. The largest absolute Gasteiger partial charge is 0.507 e. The molecule has 0 radical (unpaired) electrons. The van der Waals surface area contributed by atoms with Crippen LogP contribution in [0.4, 0.5) is 5.69 Å². The van der Waals surface area contributed by atoms with Crippen molar-refractivity contribution in [3.8, 4) is 23.0 Å². The summed E-state index contributed by atoms with van der Waals surface area (Å²) >= 11 is 0. The average molecular weight is 502 g/mol. The number of rotatable bonds is 6. The molecule has 0 aliphatic carbocycles. The number of aryl methyl sites for hydroxylation is 1. The van der Waals surface area contributed by atoms with Crippen LogP contribution in [0.25, 0.3) is 5.76 Å². The number of aliphatic hydroxyl groups excluding tert-OH is 1. The summed E-state index contributed by atoms with van der Waals surface area (Å²) in [6.07, 6.45) is 0.842. The molecule has 5 rings (SSSR count). The lowest BCUT2D eigenvalue weighted by Crippen LogP contribution is -2.29. The number of hydrogen-bond acceptors (Lipinski definition) is 7. The Labute approximate surface area is 214 Å². The molecule has 1 saturated heterocycles. The topological polar surface area (TPSA) is 94.5 Å². The van der Waals surface area contributed by atoms with Gasteiger partial charge in [-0.1, -0.05) is 31.2 Å². The molecule has 1 unspecified atom stereocenters. The van der Waals surface area contributed by atoms with Gasteiger partial charge in [0.2, 0.25) is 0 Å². The van der Waals surface area contributed by atoms with E-state index in [1.807, 2.05) is 31.2 Å². The fraction of sp³-hybridized carbons (Fsp3) is 0.241. The van der Waals surface area contributed by atoms with Crippen molar-refractivity contribution in [2.75, 3.05) is 32.3 Å². The zero-order valence-corrected chi connectivity index (χ0v) is 20.8. The number of aliphatic hydroxyl groups is 1. The number of fused-ring (bicyclic) bond motifs is 1. The van der Waals surface area contributed by atoms with Crippen LogP contribution in [0.15, 0.2) is 66.2 Å². The number of carbonyl (C=O) groups is 2. The van der Waals surface area contributed by atoms with Gasteiger partial charge in [0.05, 0.1) is 25.8 Å². The first-order chi connectivity index (χ1) is 18.0. The molecule has 0 aromatic heterocycles. The molecule has 0 saturated carbocycles. The molecule has 3 aromatic carbocycles. The Balaban J connectivity index is 1.68. The summed E-state index contributed by atoms with van der Waals surface area (Å²) in [5.41, 5.74) is 2.57. The van der Waals surface area contributed by atoms with Gasteiger partial charge in [0.1, 0.15) is 19.0 Å². The minimum Gasteiger partial charge on any atom is -0.507 e. The molecular formula is C29H27NO7. The van der Waals surface area contributed by atoms with Gasteiger partial charge < -0.3 is 24.1 Å². The molecule has 0 spiro atoms. The number of methoxy groups -OCH3 is 2. The number of Topliss-reactive ketones (excluding diaryl/α,β-unsaturated/α-hetero) is 1. The summed E-state index contributed by atoms with van der Waals surface area (Å²) in [6, 6.07) is 16.7. The lowest BCUT2D eigenvalue weighted by Gasteiger charge is -2.27. The summed E-state index contributed by atoms with van der Waals surface area (Å²) in [4.78, 5) is 28.3. The highest BCUT2D eigenvalue weighted by atomic mass is 16.6. The van der Waals surface area contributed by atoms with Crippen LogP contribution in [0.5, 0.6) is 23.0 Å². The maximum absolute atomic E-state index is 13.5. The Hall–Kier alpha value is -4.46. The molecule has 1 amide bonds. The standard InChI is InChI=1S/C29H27NO7/c1-4-17-5-7-18(8-6-17)26-25(27(31)19-9-11-21(34-2)23(15-19)35-3)28(32)29(33)30(26)20-10-12-22-24(16-20)37-14-13-36-22/h5-12,15-16,26,31H,4,13-14H2,1-3H3/b27-25+. The number of hydrogen-bond donors (Lipinski definition) is 1. The molecule has 37 heavy (non-hydrogen) atoms. The molecule has 1 fully saturated rings. The van der Waals surface area contributed by atoms with Crippen LogP contribution in [-0.4, -0.2) is 44.2 Å². The van der Waals surface area contributed by atoms with Crippen LogP contribution in [-0.2, 0) is 16.0 Å². The highest BCUT2D eigenvalue weighted by molar-refractivity contribution is 6.51. The van der Waals surface area contributed by atoms with E-state index in [1.54, 1.807) is 36.4 Å². The minimum atomic E-state index is -0.860. The fourth-order valence-electron chi connectivity index (χ4n) is 4.67. The second kappa shape index (κ2) is 9.89. The average Bonchev–Trinajstić information content (AvgIpc) is 3.21. The summed E-state index contributed by atoms with van der Waals surface area (Å²) < 4.78 is 22.0. The zero-order valence-electron chi connectivity index (χ0n) is 20.8. The quantitative estimate of drug-likeness (QED) is 0.298. The molecule has 0 bridgehead atoms. The first-order valence-electron chi connectivity index (χ1n) is 12.0. The first-order valence-corrected chi connectivity index (χ1v) is 12.0. The van der Waals surface area contributed by atoms with Crippen LogP contribution >= 0.6 is 0 Å². The van der Waals surface area contributed by atoms with E-state index in [-0.39, 0.29) is 11.3 Å². The Morgan fingerprint density at radius 1 is 0.919 bits per heavy atom. The predicted molar refractivity (Wildman–Crippen MR) is 138 cm³/mol. The number of ketones is 1. The van der Waals surface area contributed by atoms with Crippen LogP contribution in [0.1, 0.15) is 29.7 Å². The molecule has 1 atom stereocenters. The third-order valence-electron chi connectivity index (χ3n) is 6.61. The number of nitrogens with zero attached hydrogens (tertiary/aromatic N) is 1. The molecule has 8 heteroatoms. The van der Waals surface area contributed by atoms with Crippen LogP contribution in [0, 0.1) is 0 Å². The lowest BCUT2D eigenvalue weighted by atomic mass is 9.94. The van der Waals surface area contributed by atoms with E-state index in [1.165, 1.54) is 19.1 Å². The highest BCUT2D eigenvalue weighted by Gasteiger charge is 2.47. The van der Waals surface area contributed by atoms with Crippen molar-refractivity contribution < 1.29 is 33.6 Å². The van der Waals surface area contributed by atoms with Gasteiger partial charge >= 0.3 is 0 Å². The van der Waals surface area contributed by atoms with E-state index in [0.717, 1.165) is 12.0 Å². The van der Waals surface area contributed by atoms with Crippen molar-refractivity contribution in [3.63, 3.8) is 0 Å². The van der Waals surface area contributed by atoms with Gasteiger partial charge in [-0.2, -0.15) is 0 Å². The van der Waals surface area contributed by atoms with E-state index >= 15 is 0 Å². The number of ether oxygens (including phenoxy) is 4. The maximum Gasteiger partial charge on any atom is 0.300 e. The van der Waals surface area contributed by atoms with Gasteiger partial charge in [-0.05, 0) is 47.9 Å². The van der Waals surface area contributed by atoms with Gasteiger partial charge in [-0.15, -0.1) is 0 Å². The fourth-order valence-corrected chi connectivity index (χ4v) is 4.67. The number of carbonyl (C=O) groups excluding carboxylic acids is 2. The van der Waals surface area contributed by atoms with E-state index in [9.17, 15) is 14.7 Å². The Bertz CT molecular complexity index is 1390. The van der Waals surface area contributed by atoms with Crippen molar-refractivity contribution in [1.82, 2.24) is 0 Å². The first kappa shape index (κ1) is 24.2. The lowest BCUT2D eigenvalue weighted by molar-refractivity contribution is -0.132. The molecule has 8 nitrogen and oxygen atoms in total. The molecule has 2 aliphatic rings. The summed E-state index contributed by atoms with van der Waals surface area (Å²) in [6.45, 7) is 2.87. The molecule has 2 heterocycles. The Kier molecular flexibility index (Phi) is 6.48. The van der Waals surface area contributed by atoms with E-state index in [2.05, 4.69) is 0 Å². The Morgan fingerprint density at radius 2 is 1.62 bits per heavy atom. The van der Waals surface area contributed by atoms with Crippen LogP contribution < -0.4 is 23.8 Å². The molecule has 2 aliphatic heterocycles. The van der Waals surface area contributed by atoms with Crippen molar-refractivity contribution >= 4 is 23.1 Å². The van der Waals surface area contributed by atoms with E-state index < -0.39 is 17.7 Å². The third kappa shape index (κ3) is 4.24. The van der Waals surface area contributed by atoms with E-state index in [4.69, 9.17) is 18.9 Å². The second-order valence-corrected chi connectivity index (χ2v) is 8.66. The zero-order chi connectivity index (χ0) is 26.1. The van der Waals surface area contributed by atoms with Gasteiger partial charge in [-0.25, -0.2) is 0 Å². The number of anilines is 1. The molecule has 1 N–H and O–H groups in total. The van der Waals surface area contributed by atoms with Crippen molar-refractivity contribution in [2.24, 2.45) is 0 Å². The highest BCUT2D eigenvalue weighted by Crippen LogP contribution is 2.45. The van der Waals surface area contributed by atoms with Gasteiger partial charge in [0, 0.05) is 17.3 Å². The smallest absolute Gasteiger partial charge is 0.300 e. The maximum atomic E-state index is 13.5. The second-order valence-electron chi connectivity index (χ2n) is 8.66. The van der Waals surface area contributed by atoms with Crippen molar-refractivity contribution in [1.29, 1.82) is 0 Å². The molecule has 190 valence electrons. The van der Waals surface area contributed by atoms with Gasteiger partial charge in [0.25, 0.3) is 11.7 Å². The SMILES string of the molecule is CCc1ccc(C2/C(=C(\O)c3ccc(OC)c(OC)c3)C(=O)C(=O)N2c2ccc3c(c2)OCCO3)cc1. The van der Waals surface area contributed by atoms with Crippen LogP contribution in [0.3, 0.4) is 0 Å². The third-order valence-corrected chi connectivity index (χ3v) is 6.61. The van der Waals surface area contributed by atoms with Gasteiger partial charge in [0.15, 0.2) is 23.0 Å². The molecule has 3 aromatic rings. The summed E-state index contributed by atoms with van der Waals surface area (Å²) in [5, 5.41) is 11.4. The number of amides is 1. The van der Waals surface area contributed by atoms with Crippen LogP contribution in [0.2, 0.25) is 0 Å².